The third kappa shape index (κ3) is 4.22. The van der Waals surface area contributed by atoms with Gasteiger partial charge in [-0.3, -0.25) is 0 Å². The van der Waals surface area contributed by atoms with E-state index in [0.717, 1.165) is 24.2 Å². The minimum absolute atomic E-state index is 0.245. The van der Waals surface area contributed by atoms with Crippen LogP contribution < -0.4 is 5.32 Å². The Bertz CT molecular complexity index is 653. The van der Waals surface area contributed by atoms with Crippen molar-refractivity contribution in [1.29, 1.82) is 0 Å². The summed E-state index contributed by atoms with van der Waals surface area (Å²) in [6.07, 6.45) is 0.912. The van der Waals surface area contributed by atoms with Crippen LogP contribution in [-0.4, -0.2) is 11.5 Å². The summed E-state index contributed by atoms with van der Waals surface area (Å²) in [5, 5.41) is 4.19. The van der Waals surface area contributed by atoms with Crippen LogP contribution >= 0.6 is 35.0 Å². The molecular weight excluding hydrogens is 337 g/mol. The molecule has 0 unspecified atom stereocenters. The molecule has 1 aromatic carbocycles. The topological polar surface area (TPSA) is 24.9 Å². The van der Waals surface area contributed by atoms with E-state index in [4.69, 9.17) is 23.2 Å². The highest BCUT2D eigenvalue weighted by molar-refractivity contribution is 7.99. The maximum Gasteiger partial charge on any atom is 0.146 e. The summed E-state index contributed by atoms with van der Waals surface area (Å²) in [6.45, 7) is 2.73. The zero-order chi connectivity index (χ0) is 15.4. The smallest absolute Gasteiger partial charge is 0.146 e. The van der Waals surface area contributed by atoms with Crippen LogP contribution in [-0.2, 0) is 0 Å². The number of pyridine rings is 1. The van der Waals surface area contributed by atoms with Crippen LogP contribution in [0.4, 0.5) is 14.6 Å². The average Bonchev–Trinajstić information content (AvgIpc) is 2.43. The van der Waals surface area contributed by atoms with Gasteiger partial charge in [-0.15, -0.1) is 0 Å². The molecule has 2 rings (SSSR count). The lowest BCUT2D eigenvalue weighted by Crippen LogP contribution is -2.03. The zero-order valence-corrected chi connectivity index (χ0v) is 13.4. The lowest BCUT2D eigenvalue weighted by atomic mass is 10.3. The lowest BCUT2D eigenvalue weighted by Gasteiger charge is -2.10. The van der Waals surface area contributed by atoms with Crippen molar-refractivity contribution < 1.29 is 8.78 Å². The summed E-state index contributed by atoms with van der Waals surface area (Å²) in [5.41, 5.74) is 0. The molecule has 0 aliphatic carbocycles. The quantitative estimate of drug-likeness (QED) is 0.756. The number of anilines is 1. The normalized spacial score (nSPS) is 10.7. The minimum Gasteiger partial charge on any atom is -0.369 e. The van der Waals surface area contributed by atoms with Crippen LogP contribution in [0.2, 0.25) is 10.0 Å². The molecule has 0 atom stereocenters. The van der Waals surface area contributed by atoms with Crippen molar-refractivity contribution in [2.24, 2.45) is 0 Å². The maximum atomic E-state index is 13.7. The van der Waals surface area contributed by atoms with E-state index in [-0.39, 0.29) is 4.90 Å². The molecule has 0 spiro atoms. The molecule has 0 amide bonds. The van der Waals surface area contributed by atoms with Gasteiger partial charge in [-0.05, 0) is 24.6 Å². The van der Waals surface area contributed by atoms with Crippen LogP contribution in [0.15, 0.2) is 34.2 Å². The summed E-state index contributed by atoms with van der Waals surface area (Å²) in [5.74, 6) is -0.791. The van der Waals surface area contributed by atoms with Crippen molar-refractivity contribution >= 4 is 40.8 Å². The fourth-order valence-corrected chi connectivity index (χ4v) is 2.89. The molecule has 0 aliphatic rings. The van der Waals surface area contributed by atoms with Crippen LogP contribution in [0.1, 0.15) is 13.3 Å². The number of halogens is 4. The molecule has 0 radical (unpaired) electrons. The van der Waals surface area contributed by atoms with E-state index in [0.29, 0.717) is 27.4 Å². The van der Waals surface area contributed by atoms with Crippen LogP contribution in [0.25, 0.3) is 0 Å². The first-order valence-corrected chi connectivity index (χ1v) is 7.81. The van der Waals surface area contributed by atoms with Crippen molar-refractivity contribution in [1.82, 2.24) is 4.98 Å². The third-order valence-electron chi connectivity index (χ3n) is 2.54. The van der Waals surface area contributed by atoms with Crippen molar-refractivity contribution in [2.75, 3.05) is 11.9 Å². The molecule has 21 heavy (non-hydrogen) atoms. The predicted octanol–water partition coefficient (Wildman–Crippen LogP) is 5.64. The van der Waals surface area contributed by atoms with Gasteiger partial charge < -0.3 is 5.32 Å². The van der Waals surface area contributed by atoms with E-state index in [2.05, 4.69) is 10.3 Å². The number of hydrogen-bond acceptors (Lipinski definition) is 3. The van der Waals surface area contributed by atoms with E-state index in [9.17, 15) is 8.78 Å². The number of rotatable bonds is 5. The fraction of sp³-hybridized carbons (Fsp3) is 0.214. The van der Waals surface area contributed by atoms with Crippen molar-refractivity contribution in [3.63, 3.8) is 0 Å². The molecule has 1 N–H and O–H groups in total. The van der Waals surface area contributed by atoms with Crippen LogP contribution in [0.5, 0.6) is 0 Å². The van der Waals surface area contributed by atoms with Gasteiger partial charge in [-0.2, -0.15) is 0 Å². The first-order valence-electron chi connectivity index (χ1n) is 6.24. The molecule has 7 heteroatoms. The number of nitrogens with one attached hydrogen (secondary N) is 1. The van der Waals surface area contributed by atoms with Gasteiger partial charge >= 0.3 is 0 Å². The second-order valence-electron chi connectivity index (χ2n) is 4.21. The largest absolute Gasteiger partial charge is 0.369 e. The Balaban J connectivity index is 2.30. The summed E-state index contributed by atoms with van der Waals surface area (Å²) < 4.78 is 26.6. The summed E-state index contributed by atoms with van der Waals surface area (Å²) >= 11 is 13.1. The molecule has 2 nitrogen and oxygen atoms in total. The number of benzene rings is 1. The second kappa shape index (κ2) is 7.29. The SMILES string of the molecule is CCCNc1nc(Sc2ccc(F)cc2F)c(Cl)cc1Cl. The Morgan fingerprint density at radius 3 is 2.62 bits per heavy atom. The molecule has 0 bridgehead atoms. The fourth-order valence-electron chi connectivity index (χ4n) is 1.55. The zero-order valence-electron chi connectivity index (χ0n) is 11.1. The van der Waals surface area contributed by atoms with Gasteiger partial charge in [0.25, 0.3) is 0 Å². The van der Waals surface area contributed by atoms with Gasteiger partial charge in [-0.25, -0.2) is 13.8 Å². The monoisotopic (exact) mass is 348 g/mol. The molecule has 2 aromatic rings. The van der Waals surface area contributed by atoms with Crippen LogP contribution in [0.3, 0.4) is 0 Å². The number of nitrogens with zero attached hydrogens (tertiary/aromatic N) is 1. The minimum atomic E-state index is -0.657. The molecular formula is C14H12Cl2F2N2S. The third-order valence-corrected chi connectivity index (χ3v) is 4.28. The molecule has 1 heterocycles. The molecule has 0 fully saturated rings. The molecule has 0 saturated heterocycles. The van der Waals surface area contributed by atoms with Crippen molar-refractivity contribution in [3.8, 4) is 0 Å². The van der Waals surface area contributed by atoms with Gasteiger partial charge in [-0.1, -0.05) is 41.9 Å². The molecule has 0 saturated carbocycles. The van der Waals surface area contributed by atoms with Gasteiger partial charge in [0.2, 0.25) is 0 Å². The Hall–Kier alpha value is -1.04. The molecule has 0 aliphatic heterocycles. The highest BCUT2D eigenvalue weighted by Crippen LogP contribution is 2.36. The van der Waals surface area contributed by atoms with Gasteiger partial charge in [0.05, 0.1) is 10.0 Å². The number of hydrogen-bond donors (Lipinski definition) is 1. The highest BCUT2D eigenvalue weighted by Gasteiger charge is 2.13. The first-order chi connectivity index (χ1) is 10.0. The van der Waals surface area contributed by atoms with E-state index in [1.54, 1.807) is 6.07 Å². The average molecular weight is 349 g/mol. The summed E-state index contributed by atoms with van der Waals surface area (Å²) in [7, 11) is 0. The van der Waals surface area contributed by atoms with E-state index in [1.165, 1.54) is 12.1 Å². The van der Waals surface area contributed by atoms with Gasteiger partial charge in [0, 0.05) is 17.5 Å². The van der Waals surface area contributed by atoms with Crippen molar-refractivity contribution in [2.45, 2.75) is 23.3 Å². The summed E-state index contributed by atoms with van der Waals surface area (Å²) in [4.78, 5) is 4.54. The predicted molar refractivity (Wildman–Crippen MR) is 83.5 cm³/mol. The Labute approximate surface area is 135 Å². The van der Waals surface area contributed by atoms with Crippen LogP contribution in [0, 0.1) is 11.6 Å². The molecule has 112 valence electrons. The maximum absolute atomic E-state index is 13.7. The Kier molecular flexibility index (Phi) is 5.67. The summed E-state index contributed by atoms with van der Waals surface area (Å²) in [6, 6.07) is 4.91. The van der Waals surface area contributed by atoms with Gasteiger partial charge in [0.1, 0.15) is 22.5 Å². The Morgan fingerprint density at radius 1 is 1.19 bits per heavy atom. The molecule has 1 aromatic heterocycles. The van der Waals surface area contributed by atoms with E-state index >= 15 is 0 Å². The van der Waals surface area contributed by atoms with Crippen molar-refractivity contribution in [3.05, 3.63) is 45.9 Å². The lowest BCUT2D eigenvalue weighted by molar-refractivity contribution is 0.565. The van der Waals surface area contributed by atoms with E-state index < -0.39 is 11.6 Å². The van der Waals surface area contributed by atoms with E-state index in [1.807, 2.05) is 6.92 Å². The standard InChI is InChI=1S/C14H12Cl2F2N2S/c1-2-5-19-13-9(15)7-10(16)14(20-13)21-12-4-3-8(17)6-11(12)18/h3-4,6-7H,2,5H2,1H3,(H,19,20). The highest BCUT2D eigenvalue weighted by atomic mass is 35.5. The van der Waals surface area contributed by atoms with Gasteiger partial charge in [0.15, 0.2) is 0 Å². The Morgan fingerprint density at radius 2 is 1.95 bits per heavy atom. The second-order valence-corrected chi connectivity index (χ2v) is 6.05. The number of aromatic nitrogens is 1. The first kappa shape index (κ1) is 16.3.